The van der Waals surface area contributed by atoms with E-state index in [-0.39, 0.29) is 0 Å². The smallest absolute Gasteiger partial charge is 0.113 e. The van der Waals surface area contributed by atoms with Crippen molar-refractivity contribution in [1.29, 1.82) is 0 Å². The van der Waals surface area contributed by atoms with Crippen LogP contribution in [0.15, 0.2) is 30.3 Å². The van der Waals surface area contributed by atoms with Crippen molar-refractivity contribution < 1.29 is 0 Å². The number of thiophene rings is 1. The number of aryl methyl sites for hydroxylation is 1. The SMILES string of the molecule is CCc1ccc(Cn2c(C3CC3)nc3cc(N)ccc32)s1. The Morgan fingerprint density at radius 3 is 2.76 bits per heavy atom. The van der Waals surface area contributed by atoms with Crippen LogP contribution in [0.4, 0.5) is 5.69 Å². The molecule has 0 aliphatic heterocycles. The molecule has 0 bridgehead atoms. The Bertz CT molecular complexity index is 796. The van der Waals surface area contributed by atoms with Gasteiger partial charge in [-0.15, -0.1) is 11.3 Å². The molecule has 2 N–H and O–H groups in total. The summed E-state index contributed by atoms with van der Waals surface area (Å²) in [5.41, 5.74) is 8.93. The highest BCUT2D eigenvalue weighted by molar-refractivity contribution is 7.11. The van der Waals surface area contributed by atoms with Gasteiger partial charge in [-0.05, 0) is 49.6 Å². The highest BCUT2D eigenvalue weighted by Crippen LogP contribution is 2.41. The monoisotopic (exact) mass is 297 g/mol. The molecule has 0 saturated heterocycles. The first-order valence-electron chi connectivity index (χ1n) is 7.58. The molecule has 0 spiro atoms. The summed E-state index contributed by atoms with van der Waals surface area (Å²) in [6.07, 6.45) is 3.65. The van der Waals surface area contributed by atoms with Gasteiger partial charge in [0.05, 0.1) is 17.6 Å². The lowest BCUT2D eigenvalue weighted by atomic mass is 10.3. The van der Waals surface area contributed by atoms with Gasteiger partial charge in [0, 0.05) is 21.4 Å². The zero-order chi connectivity index (χ0) is 14.4. The molecule has 21 heavy (non-hydrogen) atoms. The summed E-state index contributed by atoms with van der Waals surface area (Å²) in [7, 11) is 0. The predicted octanol–water partition coefficient (Wildman–Crippen LogP) is 4.17. The van der Waals surface area contributed by atoms with Crippen molar-refractivity contribution in [3.8, 4) is 0 Å². The molecule has 0 atom stereocenters. The maximum absolute atomic E-state index is 5.90. The maximum atomic E-state index is 5.90. The summed E-state index contributed by atoms with van der Waals surface area (Å²) >= 11 is 1.91. The Morgan fingerprint density at radius 1 is 1.24 bits per heavy atom. The molecule has 2 heterocycles. The first-order valence-corrected chi connectivity index (χ1v) is 8.39. The van der Waals surface area contributed by atoms with E-state index in [0.29, 0.717) is 5.92 Å². The molecule has 1 fully saturated rings. The molecule has 2 aromatic heterocycles. The average molecular weight is 297 g/mol. The quantitative estimate of drug-likeness (QED) is 0.735. The molecule has 108 valence electrons. The second-order valence-electron chi connectivity index (χ2n) is 5.80. The van der Waals surface area contributed by atoms with Crippen LogP contribution in [-0.2, 0) is 13.0 Å². The summed E-state index contributed by atoms with van der Waals surface area (Å²) in [4.78, 5) is 7.70. The third-order valence-corrected chi connectivity index (χ3v) is 5.34. The number of rotatable bonds is 4. The largest absolute Gasteiger partial charge is 0.399 e. The fraction of sp³-hybridized carbons (Fsp3) is 0.353. The van der Waals surface area contributed by atoms with Crippen LogP contribution in [-0.4, -0.2) is 9.55 Å². The number of nitrogens with two attached hydrogens (primary N) is 1. The van der Waals surface area contributed by atoms with Gasteiger partial charge < -0.3 is 10.3 Å². The summed E-state index contributed by atoms with van der Waals surface area (Å²) in [6, 6.07) is 10.6. The van der Waals surface area contributed by atoms with Gasteiger partial charge in [-0.2, -0.15) is 0 Å². The minimum absolute atomic E-state index is 0.643. The topological polar surface area (TPSA) is 43.8 Å². The second kappa shape index (κ2) is 4.88. The van der Waals surface area contributed by atoms with Gasteiger partial charge in [0.25, 0.3) is 0 Å². The lowest BCUT2D eigenvalue weighted by Crippen LogP contribution is -2.03. The summed E-state index contributed by atoms with van der Waals surface area (Å²) < 4.78 is 2.39. The molecule has 0 unspecified atom stereocenters. The normalized spacial score (nSPS) is 14.9. The van der Waals surface area contributed by atoms with Crippen LogP contribution in [0.3, 0.4) is 0 Å². The third-order valence-electron chi connectivity index (χ3n) is 4.12. The van der Waals surface area contributed by atoms with E-state index >= 15 is 0 Å². The number of hydrogen-bond acceptors (Lipinski definition) is 3. The van der Waals surface area contributed by atoms with Crippen LogP contribution in [0, 0.1) is 0 Å². The molecule has 4 heteroatoms. The maximum Gasteiger partial charge on any atom is 0.113 e. The third kappa shape index (κ3) is 2.33. The zero-order valence-corrected chi connectivity index (χ0v) is 13.0. The number of nitrogens with zero attached hydrogens (tertiary/aromatic N) is 2. The molecule has 0 amide bonds. The molecule has 0 radical (unpaired) electrons. The number of fused-ring (bicyclic) bond motifs is 1. The molecule has 4 rings (SSSR count). The second-order valence-corrected chi connectivity index (χ2v) is 7.05. The molecule has 1 aliphatic carbocycles. The lowest BCUT2D eigenvalue weighted by Gasteiger charge is -2.07. The summed E-state index contributed by atoms with van der Waals surface area (Å²) in [5, 5.41) is 0. The van der Waals surface area contributed by atoms with Crippen molar-refractivity contribution in [3.63, 3.8) is 0 Å². The van der Waals surface area contributed by atoms with Crippen LogP contribution in [0.1, 0.15) is 41.3 Å². The molecule has 1 saturated carbocycles. The van der Waals surface area contributed by atoms with Gasteiger partial charge in [0.1, 0.15) is 5.82 Å². The molecular formula is C17H19N3S. The number of hydrogen-bond donors (Lipinski definition) is 1. The predicted molar refractivity (Wildman–Crippen MR) is 88.9 cm³/mol. The number of anilines is 1. The Kier molecular flexibility index (Phi) is 3.00. The molecule has 3 aromatic rings. The molecule has 3 nitrogen and oxygen atoms in total. The van der Waals surface area contributed by atoms with E-state index in [1.54, 1.807) is 0 Å². The van der Waals surface area contributed by atoms with Gasteiger partial charge in [0.15, 0.2) is 0 Å². The Labute approximate surface area is 128 Å². The minimum Gasteiger partial charge on any atom is -0.399 e. The van der Waals surface area contributed by atoms with E-state index < -0.39 is 0 Å². The fourth-order valence-electron chi connectivity index (χ4n) is 2.84. The van der Waals surface area contributed by atoms with E-state index in [9.17, 15) is 0 Å². The van der Waals surface area contributed by atoms with Gasteiger partial charge >= 0.3 is 0 Å². The highest BCUT2D eigenvalue weighted by atomic mass is 32.1. The fourth-order valence-corrected chi connectivity index (χ4v) is 3.78. The Hall–Kier alpha value is -1.81. The van der Waals surface area contributed by atoms with E-state index in [1.165, 1.54) is 33.9 Å². The molecule has 1 aromatic carbocycles. The van der Waals surface area contributed by atoms with Crippen molar-refractivity contribution >= 4 is 28.1 Å². The van der Waals surface area contributed by atoms with Crippen LogP contribution in [0.25, 0.3) is 11.0 Å². The number of aromatic nitrogens is 2. The van der Waals surface area contributed by atoms with E-state index in [2.05, 4.69) is 29.7 Å². The molecular weight excluding hydrogens is 278 g/mol. The lowest BCUT2D eigenvalue weighted by molar-refractivity contribution is 0.755. The Morgan fingerprint density at radius 2 is 2.05 bits per heavy atom. The zero-order valence-electron chi connectivity index (χ0n) is 12.2. The number of benzene rings is 1. The first kappa shape index (κ1) is 12.9. The Balaban J connectivity index is 1.79. The van der Waals surface area contributed by atoms with Crippen molar-refractivity contribution in [2.24, 2.45) is 0 Å². The standard InChI is InChI=1S/C17H19N3S/c1-2-13-6-7-14(21-13)10-20-16-8-5-12(18)9-15(16)19-17(20)11-3-4-11/h5-9,11H,2-4,10,18H2,1H3. The van der Waals surface area contributed by atoms with Crippen molar-refractivity contribution in [2.75, 3.05) is 5.73 Å². The average Bonchev–Trinajstić information content (AvgIpc) is 3.13. The number of imidazole rings is 1. The van der Waals surface area contributed by atoms with Crippen LogP contribution >= 0.6 is 11.3 Å². The minimum atomic E-state index is 0.643. The van der Waals surface area contributed by atoms with E-state index in [4.69, 9.17) is 10.7 Å². The van der Waals surface area contributed by atoms with E-state index in [0.717, 1.165) is 24.2 Å². The van der Waals surface area contributed by atoms with Gasteiger partial charge in [-0.1, -0.05) is 6.92 Å². The highest BCUT2D eigenvalue weighted by Gasteiger charge is 2.29. The van der Waals surface area contributed by atoms with Crippen LogP contribution in [0.5, 0.6) is 0 Å². The van der Waals surface area contributed by atoms with Crippen LogP contribution < -0.4 is 5.73 Å². The first-order chi connectivity index (χ1) is 10.2. The van der Waals surface area contributed by atoms with Gasteiger partial charge in [0.2, 0.25) is 0 Å². The van der Waals surface area contributed by atoms with Crippen molar-refractivity contribution in [3.05, 3.63) is 45.9 Å². The van der Waals surface area contributed by atoms with Crippen LogP contribution in [0.2, 0.25) is 0 Å². The summed E-state index contributed by atoms with van der Waals surface area (Å²) in [5.74, 6) is 1.88. The van der Waals surface area contributed by atoms with Gasteiger partial charge in [-0.3, -0.25) is 0 Å². The summed E-state index contributed by atoms with van der Waals surface area (Å²) in [6.45, 7) is 3.14. The van der Waals surface area contributed by atoms with E-state index in [1.807, 2.05) is 23.5 Å². The van der Waals surface area contributed by atoms with Crippen molar-refractivity contribution in [1.82, 2.24) is 9.55 Å². The van der Waals surface area contributed by atoms with Crippen molar-refractivity contribution in [2.45, 2.75) is 38.6 Å². The molecule has 1 aliphatic rings. The van der Waals surface area contributed by atoms with Gasteiger partial charge in [-0.25, -0.2) is 4.98 Å². The number of nitrogen functional groups attached to an aromatic ring is 1.